The molecule has 2 rings (SSSR count). The highest BCUT2D eigenvalue weighted by Crippen LogP contribution is 2.30. The molecule has 1 aromatic heterocycles. The molecule has 0 bridgehead atoms. The van der Waals surface area contributed by atoms with Gasteiger partial charge in [0, 0.05) is 26.7 Å². The summed E-state index contributed by atoms with van der Waals surface area (Å²) in [6.07, 6.45) is 3.71. The average Bonchev–Trinajstić information content (AvgIpc) is 2.18. The van der Waals surface area contributed by atoms with Crippen molar-refractivity contribution < 1.29 is 4.74 Å². The molecule has 0 fully saturated rings. The molecule has 2 nitrogen and oxygen atoms in total. The number of pyridine rings is 1. The maximum Gasteiger partial charge on any atom is 0.131 e. The third-order valence-electron chi connectivity index (χ3n) is 2.25. The maximum absolute atomic E-state index is 5.37. The van der Waals surface area contributed by atoms with Crippen LogP contribution in [0.3, 0.4) is 0 Å². The Morgan fingerprint density at radius 1 is 1.21 bits per heavy atom. The number of fused-ring (bicyclic) bond motifs is 1. The molecule has 0 radical (unpaired) electrons. The van der Waals surface area contributed by atoms with E-state index < -0.39 is 0 Å². The molecule has 0 aliphatic heterocycles. The second-order valence-corrected chi connectivity index (χ2v) is 4.29. The van der Waals surface area contributed by atoms with Crippen LogP contribution in [0.5, 0.6) is 5.75 Å². The van der Waals surface area contributed by atoms with E-state index in [0.717, 1.165) is 20.3 Å². The zero-order valence-electron chi connectivity index (χ0n) is 8.04. The van der Waals surface area contributed by atoms with Gasteiger partial charge in [-0.2, -0.15) is 0 Å². The van der Waals surface area contributed by atoms with Crippen molar-refractivity contribution in [1.29, 1.82) is 0 Å². The summed E-state index contributed by atoms with van der Waals surface area (Å²) in [5.41, 5.74) is 1.14. The topological polar surface area (TPSA) is 22.1 Å². The summed E-state index contributed by atoms with van der Waals surface area (Å²) < 4.78 is 6.52. The minimum atomic E-state index is 0.925. The Kier molecular flexibility index (Phi) is 2.58. The van der Waals surface area contributed by atoms with Crippen molar-refractivity contribution in [2.45, 2.75) is 6.92 Å². The molecule has 0 aliphatic carbocycles. The Bertz CT molecular complexity index is 482. The molecule has 2 aromatic rings. The minimum Gasteiger partial charge on any atom is -0.496 e. The largest absolute Gasteiger partial charge is 0.496 e. The molecular formula is C11H10INO. The van der Waals surface area contributed by atoms with Crippen LogP contribution in [-0.2, 0) is 0 Å². The number of aryl methyl sites for hydroxylation is 1. The Morgan fingerprint density at radius 3 is 2.71 bits per heavy atom. The predicted octanol–water partition coefficient (Wildman–Crippen LogP) is 3.16. The fourth-order valence-electron chi connectivity index (χ4n) is 1.56. The first kappa shape index (κ1) is 9.71. The lowest BCUT2D eigenvalue weighted by Gasteiger charge is -2.08. The van der Waals surface area contributed by atoms with Gasteiger partial charge in [0.15, 0.2) is 0 Å². The van der Waals surface area contributed by atoms with E-state index in [1.54, 1.807) is 7.11 Å². The number of ether oxygens (including phenoxy) is 1. The number of benzene rings is 1. The molecule has 0 saturated heterocycles. The molecule has 0 atom stereocenters. The van der Waals surface area contributed by atoms with Crippen LogP contribution in [-0.4, -0.2) is 12.1 Å². The van der Waals surface area contributed by atoms with Crippen molar-refractivity contribution in [2.75, 3.05) is 7.11 Å². The van der Waals surface area contributed by atoms with E-state index in [2.05, 4.69) is 39.7 Å². The van der Waals surface area contributed by atoms with Crippen LogP contribution in [0.2, 0.25) is 0 Å². The monoisotopic (exact) mass is 299 g/mol. The van der Waals surface area contributed by atoms with Gasteiger partial charge in [-0.3, -0.25) is 4.98 Å². The molecule has 72 valence electrons. The van der Waals surface area contributed by atoms with Gasteiger partial charge in [-0.15, -0.1) is 0 Å². The normalized spacial score (nSPS) is 10.5. The average molecular weight is 299 g/mol. The summed E-state index contributed by atoms with van der Waals surface area (Å²) in [7, 11) is 1.70. The molecule has 0 amide bonds. The molecule has 0 aliphatic rings. The molecule has 1 aromatic carbocycles. The second kappa shape index (κ2) is 3.73. The van der Waals surface area contributed by atoms with Crippen LogP contribution < -0.4 is 4.74 Å². The fourth-order valence-corrected chi connectivity index (χ4v) is 2.19. The van der Waals surface area contributed by atoms with E-state index in [0.29, 0.717) is 0 Å². The van der Waals surface area contributed by atoms with E-state index in [-0.39, 0.29) is 0 Å². The van der Waals surface area contributed by atoms with Crippen LogP contribution in [0, 0.1) is 10.5 Å². The van der Waals surface area contributed by atoms with Crippen LogP contribution in [0.4, 0.5) is 0 Å². The van der Waals surface area contributed by atoms with Gasteiger partial charge in [0.1, 0.15) is 5.75 Å². The predicted molar refractivity (Wildman–Crippen MR) is 65.7 cm³/mol. The number of methoxy groups -OCH3 is 1. The Labute approximate surface area is 96.4 Å². The van der Waals surface area contributed by atoms with E-state index in [1.165, 1.54) is 5.39 Å². The molecule has 0 saturated carbocycles. The lowest BCUT2D eigenvalue weighted by atomic mass is 10.1. The zero-order chi connectivity index (χ0) is 10.1. The SMILES string of the molecule is COc1c(C)ccc2c(I)cncc12. The van der Waals surface area contributed by atoms with E-state index in [4.69, 9.17) is 4.74 Å². The highest BCUT2D eigenvalue weighted by Gasteiger charge is 2.06. The van der Waals surface area contributed by atoms with Gasteiger partial charge in [0.25, 0.3) is 0 Å². The second-order valence-electron chi connectivity index (χ2n) is 3.13. The Morgan fingerprint density at radius 2 is 2.00 bits per heavy atom. The fraction of sp³-hybridized carbons (Fsp3) is 0.182. The van der Waals surface area contributed by atoms with Gasteiger partial charge in [-0.1, -0.05) is 12.1 Å². The highest BCUT2D eigenvalue weighted by molar-refractivity contribution is 14.1. The summed E-state index contributed by atoms with van der Waals surface area (Å²) in [6.45, 7) is 2.04. The number of halogens is 1. The summed E-state index contributed by atoms with van der Waals surface area (Å²) in [5, 5.41) is 2.28. The van der Waals surface area contributed by atoms with Gasteiger partial charge in [0.05, 0.1) is 7.11 Å². The number of nitrogens with zero attached hydrogens (tertiary/aromatic N) is 1. The van der Waals surface area contributed by atoms with Crippen molar-refractivity contribution in [2.24, 2.45) is 0 Å². The first-order valence-corrected chi connectivity index (χ1v) is 5.38. The first-order chi connectivity index (χ1) is 6.74. The van der Waals surface area contributed by atoms with E-state index in [1.807, 2.05) is 19.3 Å². The van der Waals surface area contributed by atoms with Crippen molar-refractivity contribution in [1.82, 2.24) is 4.98 Å². The third kappa shape index (κ3) is 1.45. The van der Waals surface area contributed by atoms with Crippen molar-refractivity contribution in [3.05, 3.63) is 33.7 Å². The van der Waals surface area contributed by atoms with Gasteiger partial charge >= 0.3 is 0 Å². The number of hydrogen-bond donors (Lipinski definition) is 0. The van der Waals surface area contributed by atoms with Crippen molar-refractivity contribution in [3.63, 3.8) is 0 Å². The summed E-state index contributed by atoms with van der Waals surface area (Å²) in [6, 6.07) is 4.18. The highest BCUT2D eigenvalue weighted by atomic mass is 127. The van der Waals surface area contributed by atoms with Gasteiger partial charge in [-0.05, 0) is 35.1 Å². The lowest BCUT2D eigenvalue weighted by molar-refractivity contribution is 0.416. The molecule has 14 heavy (non-hydrogen) atoms. The molecule has 0 unspecified atom stereocenters. The van der Waals surface area contributed by atoms with Crippen LogP contribution in [0.1, 0.15) is 5.56 Å². The smallest absolute Gasteiger partial charge is 0.131 e. The Balaban J connectivity index is 2.88. The lowest BCUT2D eigenvalue weighted by Crippen LogP contribution is -1.90. The summed E-state index contributed by atoms with van der Waals surface area (Å²) >= 11 is 2.28. The van der Waals surface area contributed by atoms with Crippen molar-refractivity contribution >= 4 is 33.4 Å². The standard InChI is InChI=1S/C11H10INO/c1-7-3-4-8-9(11(7)14-2)5-13-6-10(8)12/h3-6H,1-2H3. The van der Waals surface area contributed by atoms with Crippen LogP contribution >= 0.6 is 22.6 Å². The van der Waals surface area contributed by atoms with Crippen molar-refractivity contribution in [3.8, 4) is 5.75 Å². The van der Waals surface area contributed by atoms with Gasteiger partial charge < -0.3 is 4.74 Å². The van der Waals surface area contributed by atoms with E-state index in [9.17, 15) is 0 Å². The zero-order valence-corrected chi connectivity index (χ0v) is 10.2. The van der Waals surface area contributed by atoms with Crippen LogP contribution in [0.25, 0.3) is 10.8 Å². The quantitative estimate of drug-likeness (QED) is 0.755. The number of aromatic nitrogens is 1. The van der Waals surface area contributed by atoms with E-state index >= 15 is 0 Å². The molecule has 3 heteroatoms. The van der Waals surface area contributed by atoms with Gasteiger partial charge in [-0.25, -0.2) is 0 Å². The number of hydrogen-bond acceptors (Lipinski definition) is 2. The summed E-state index contributed by atoms with van der Waals surface area (Å²) in [4.78, 5) is 4.17. The molecular weight excluding hydrogens is 289 g/mol. The summed E-state index contributed by atoms with van der Waals surface area (Å²) in [5.74, 6) is 0.925. The first-order valence-electron chi connectivity index (χ1n) is 4.31. The molecule has 0 N–H and O–H groups in total. The Hall–Kier alpha value is -0.840. The maximum atomic E-state index is 5.37. The van der Waals surface area contributed by atoms with Gasteiger partial charge in [0.2, 0.25) is 0 Å². The third-order valence-corrected chi connectivity index (χ3v) is 3.11. The molecule has 1 heterocycles. The molecule has 0 spiro atoms. The van der Waals surface area contributed by atoms with Crippen LogP contribution in [0.15, 0.2) is 24.5 Å². The minimum absolute atomic E-state index is 0.925. The number of rotatable bonds is 1.